The van der Waals surface area contributed by atoms with Crippen molar-refractivity contribution in [1.29, 1.82) is 0 Å². The van der Waals surface area contributed by atoms with E-state index in [-0.39, 0.29) is 36.3 Å². The molecule has 26 heavy (non-hydrogen) atoms. The summed E-state index contributed by atoms with van der Waals surface area (Å²) in [6, 6.07) is 12.5. The molecule has 0 aromatic heterocycles. The molecule has 3 rings (SSSR count). The number of hydrogen-bond donors (Lipinski definition) is 2. The Kier molecular flexibility index (Phi) is 4.79. The van der Waals surface area contributed by atoms with Crippen molar-refractivity contribution in [2.24, 2.45) is 0 Å². The van der Waals surface area contributed by atoms with E-state index in [1.165, 1.54) is 18.2 Å². The number of amides is 3. The molecule has 1 aliphatic heterocycles. The van der Waals surface area contributed by atoms with Gasteiger partial charge in [-0.05, 0) is 36.8 Å². The van der Waals surface area contributed by atoms with Gasteiger partial charge in [-0.3, -0.25) is 19.3 Å². The van der Waals surface area contributed by atoms with Crippen molar-refractivity contribution in [3.63, 3.8) is 0 Å². The lowest BCUT2D eigenvalue weighted by molar-refractivity contribution is -0.116. The lowest BCUT2D eigenvalue weighted by atomic mass is 10.1. The number of carbonyl (C=O) groups is 4. The number of rotatable bonds is 6. The second kappa shape index (κ2) is 7.18. The van der Waals surface area contributed by atoms with Gasteiger partial charge in [-0.25, -0.2) is 4.79 Å². The number of carbonyl (C=O) groups excluding carboxylic acids is 3. The minimum atomic E-state index is -1.08. The van der Waals surface area contributed by atoms with Crippen LogP contribution >= 0.6 is 0 Å². The fourth-order valence-corrected chi connectivity index (χ4v) is 2.79. The van der Waals surface area contributed by atoms with E-state index in [1.54, 1.807) is 30.3 Å². The molecular weight excluding hydrogens is 336 g/mol. The van der Waals surface area contributed by atoms with E-state index >= 15 is 0 Å². The molecule has 3 amide bonds. The molecule has 2 N–H and O–H groups in total. The number of aromatic carboxylic acids is 1. The predicted octanol–water partition coefficient (Wildman–Crippen LogP) is 2.40. The van der Waals surface area contributed by atoms with Crippen molar-refractivity contribution in [2.45, 2.75) is 12.8 Å². The molecule has 0 spiro atoms. The number of imide groups is 1. The van der Waals surface area contributed by atoms with Crippen LogP contribution in [0.25, 0.3) is 0 Å². The molecule has 2 aromatic rings. The van der Waals surface area contributed by atoms with Crippen LogP contribution in [-0.2, 0) is 4.79 Å². The average molecular weight is 352 g/mol. The predicted molar refractivity (Wildman–Crippen MR) is 93.1 cm³/mol. The van der Waals surface area contributed by atoms with Gasteiger partial charge in [0.15, 0.2) is 0 Å². The molecule has 132 valence electrons. The Hall–Kier alpha value is -3.48. The molecule has 0 saturated heterocycles. The highest BCUT2D eigenvalue weighted by Crippen LogP contribution is 2.22. The van der Waals surface area contributed by atoms with Gasteiger partial charge in [0, 0.05) is 18.7 Å². The number of hydrogen-bond acceptors (Lipinski definition) is 4. The minimum absolute atomic E-state index is 0.0776. The molecule has 0 unspecified atom stereocenters. The van der Waals surface area contributed by atoms with Gasteiger partial charge in [0.1, 0.15) is 0 Å². The molecule has 0 atom stereocenters. The number of carboxylic acid groups (broad SMARTS) is 1. The molecular formula is C19H16N2O5. The molecule has 1 aliphatic rings. The first kappa shape index (κ1) is 17.3. The summed E-state index contributed by atoms with van der Waals surface area (Å²) in [5, 5.41) is 11.6. The maximum Gasteiger partial charge on any atom is 0.335 e. The lowest BCUT2D eigenvalue weighted by Gasteiger charge is -2.13. The molecule has 7 nitrogen and oxygen atoms in total. The molecule has 0 fully saturated rings. The largest absolute Gasteiger partial charge is 0.478 e. The van der Waals surface area contributed by atoms with Crippen molar-refractivity contribution in [2.75, 3.05) is 11.9 Å². The Balaban J connectivity index is 1.53. The number of benzene rings is 2. The first-order chi connectivity index (χ1) is 12.5. The fraction of sp³-hybridized carbons (Fsp3) is 0.158. The zero-order valence-electron chi connectivity index (χ0n) is 13.8. The van der Waals surface area contributed by atoms with Gasteiger partial charge in [0.05, 0.1) is 16.7 Å². The third-order valence-corrected chi connectivity index (χ3v) is 4.06. The van der Waals surface area contributed by atoms with Gasteiger partial charge in [-0.15, -0.1) is 0 Å². The smallest absolute Gasteiger partial charge is 0.335 e. The van der Waals surface area contributed by atoms with Gasteiger partial charge < -0.3 is 10.4 Å². The monoisotopic (exact) mass is 352 g/mol. The van der Waals surface area contributed by atoms with E-state index < -0.39 is 5.97 Å². The molecule has 0 aliphatic carbocycles. The molecule has 0 saturated carbocycles. The van der Waals surface area contributed by atoms with Crippen LogP contribution in [0.15, 0.2) is 48.5 Å². The third kappa shape index (κ3) is 3.46. The summed E-state index contributed by atoms with van der Waals surface area (Å²) < 4.78 is 0. The topological polar surface area (TPSA) is 104 Å². The van der Waals surface area contributed by atoms with Gasteiger partial charge in [0.2, 0.25) is 5.91 Å². The third-order valence-electron chi connectivity index (χ3n) is 4.06. The number of carboxylic acids is 1. The van der Waals surface area contributed by atoms with Gasteiger partial charge in [0.25, 0.3) is 11.8 Å². The van der Waals surface area contributed by atoms with Crippen LogP contribution in [0.2, 0.25) is 0 Å². The Labute approximate surface area is 149 Å². The maximum atomic E-state index is 12.2. The van der Waals surface area contributed by atoms with Crippen molar-refractivity contribution >= 4 is 29.4 Å². The highest BCUT2D eigenvalue weighted by molar-refractivity contribution is 6.21. The van der Waals surface area contributed by atoms with E-state index in [9.17, 15) is 19.2 Å². The van der Waals surface area contributed by atoms with Gasteiger partial charge in [-0.1, -0.05) is 18.2 Å². The summed E-state index contributed by atoms with van der Waals surface area (Å²) >= 11 is 0. The van der Waals surface area contributed by atoms with Crippen molar-refractivity contribution in [3.8, 4) is 0 Å². The highest BCUT2D eigenvalue weighted by Gasteiger charge is 2.34. The van der Waals surface area contributed by atoms with Crippen LogP contribution in [0.3, 0.4) is 0 Å². The summed E-state index contributed by atoms with van der Waals surface area (Å²) in [5.41, 5.74) is 1.23. The van der Waals surface area contributed by atoms with Crippen molar-refractivity contribution in [3.05, 3.63) is 65.2 Å². The molecule has 0 radical (unpaired) electrons. The first-order valence-corrected chi connectivity index (χ1v) is 8.06. The van der Waals surface area contributed by atoms with Crippen LogP contribution in [0, 0.1) is 0 Å². The summed E-state index contributed by atoms with van der Waals surface area (Å²) in [6.45, 7) is 0.148. The van der Waals surface area contributed by atoms with Crippen LogP contribution in [0.5, 0.6) is 0 Å². The van der Waals surface area contributed by atoms with E-state index in [2.05, 4.69) is 5.32 Å². The Morgan fingerprint density at radius 2 is 1.62 bits per heavy atom. The van der Waals surface area contributed by atoms with E-state index in [1.807, 2.05) is 0 Å². The SMILES string of the molecule is O=C(CCCN1C(=O)c2ccccc2C1=O)Nc1cccc(C(=O)O)c1. The second-order valence-electron chi connectivity index (χ2n) is 5.85. The van der Waals surface area contributed by atoms with Gasteiger partial charge >= 0.3 is 5.97 Å². The molecule has 2 aromatic carbocycles. The summed E-state index contributed by atoms with van der Waals surface area (Å²) in [6.07, 6.45) is 0.417. The number of anilines is 1. The second-order valence-corrected chi connectivity index (χ2v) is 5.85. The Morgan fingerprint density at radius 3 is 2.23 bits per heavy atom. The highest BCUT2D eigenvalue weighted by atomic mass is 16.4. The van der Waals surface area contributed by atoms with Crippen LogP contribution in [0.1, 0.15) is 43.9 Å². The van der Waals surface area contributed by atoms with Crippen LogP contribution in [-0.4, -0.2) is 40.2 Å². The summed E-state index contributed by atoms with van der Waals surface area (Å²) in [4.78, 5) is 48.5. The minimum Gasteiger partial charge on any atom is -0.478 e. The quantitative estimate of drug-likeness (QED) is 0.777. The first-order valence-electron chi connectivity index (χ1n) is 8.06. The van der Waals surface area contributed by atoms with Gasteiger partial charge in [-0.2, -0.15) is 0 Å². The van der Waals surface area contributed by atoms with Crippen LogP contribution in [0.4, 0.5) is 5.69 Å². The average Bonchev–Trinajstić information content (AvgIpc) is 2.87. The number of nitrogens with one attached hydrogen (secondary N) is 1. The fourth-order valence-electron chi connectivity index (χ4n) is 2.79. The van der Waals surface area contributed by atoms with E-state index in [4.69, 9.17) is 5.11 Å². The van der Waals surface area contributed by atoms with E-state index in [0.29, 0.717) is 23.2 Å². The Morgan fingerprint density at radius 1 is 0.962 bits per heavy atom. The zero-order valence-corrected chi connectivity index (χ0v) is 13.8. The molecule has 0 bridgehead atoms. The zero-order chi connectivity index (χ0) is 18.7. The van der Waals surface area contributed by atoms with Crippen molar-refractivity contribution < 1.29 is 24.3 Å². The summed E-state index contributed by atoms with van der Waals surface area (Å²) in [5.74, 6) is -2.09. The molecule has 1 heterocycles. The lowest BCUT2D eigenvalue weighted by Crippen LogP contribution is -2.31. The van der Waals surface area contributed by atoms with Crippen molar-refractivity contribution in [1.82, 2.24) is 4.90 Å². The summed E-state index contributed by atoms with van der Waals surface area (Å²) in [7, 11) is 0. The Bertz CT molecular complexity index is 871. The number of fused-ring (bicyclic) bond motifs is 1. The normalized spacial score (nSPS) is 12.8. The number of nitrogens with zero attached hydrogens (tertiary/aromatic N) is 1. The van der Waals surface area contributed by atoms with Crippen LogP contribution < -0.4 is 5.32 Å². The standard InChI is InChI=1S/C19H16N2O5/c22-16(20-13-6-3-5-12(11-13)19(25)26)9-4-10-21-17(23)14-7-1-2-8-15(14)18(21)24/h1-3,5-8,11H,4,9-10H2,(H,20,22)(H,25,26). The molecule has 7 heteroatoms. The van der Waals surface area contributed by atoms with E-state index in [0.717, 1.165) is 4.90 Å². The maximum absolute atomic E-state index is 12.2.